The molecule has 0 aliphatic heterocycles. The zero-order valence-corrected chi connectivity index (χ0v) is 10.6. The molecule has 0 spiro atoms. The van der Waals surface area contributed by atoms with Crippen LogP contribution in [0.15, 0.2) is 24.3 Å². The summed E-state index contributed by atoms with van der Waals surface area (Å²) in [5, 5.41) is 0. The van der Waals surface area contributed by atoms with Gasteiger partial charge in [-0.15, -0.1) is 0 Å². The number of hydrogen-bond donors (Lipinski definition) is 0. The molecular formula is C15H22O. The largest absolute Gasteiger partial charge is 0.299 e. The van der Waals surface area contributed by atoms with Gasteiger partial charge in [0.25, 0.3) is 0 Å². The Kier molecular flexibility index (Phi) is 5.24. The summed E-state index contributed by atoms with van der Waals surface area (Å²) in [6.45, 7) is 6.30. The molecule has 0 aliphatic rings. The van der Waals surface area contributed by atoms with Crippen LogP contribution in [0.25, 0.3) is 0 Å². The average molecular weight is 218 g/mol. The quantitative estimate of drug-likeness (QED) is 0.710. The summed E-state index contributed by atoms with van der Waals surface area (Å²) < 4.78 is 0. The molecule has 0 bridgehead atoms. The van der Waals surface area contributed by atoms with Gasteiger partial charge < -0.3 is 0 Å². The lowest BCUT2D eigenvalue weighted by Gasteiger charge is -2.09. The Bertz CT molecular complexity index is 324. The summed E-state index contributed by atoms with van der Waals surface area (Å²) in [4.78, 5) is 11.9. The van der Waals surface area contributed by atoms with E-state index < -0.39 is 0 Å². The highest BCUT2D eigenvalue weighted by molar-refractivity contribution is 5.82. The van der Waals surface area contributed by atoms with E-state index in [2.05, 4.69) is 38.1 Å². The molecular weight excluding hydrogens is 196 g/mol. The Balaban J connectivity index is 2.55. The minimum Gasteiger partial charge on any atom is -0.299 e. The molecule has 1 aromatic rings. The molecule has 0 fully saturated rings. The fraction of sp³-hybridized carbons (Fsp3) is 0.533. The Hall–Kier alpha value is -1.11. The summed E-state index contributed by atoms with van der Waals surface area (Å²) in [5.74, 6) is 0.571. The maximum absolute atomic E-state index is 11.9. The Labute approximate surface area is 98.9 Å². The Morgan fingerprint density at radius 1 is 1.12 bits per heavy atom. The van der Waals surface area contributed by atoms with Gasteiger partial charge in [0.1, 0.15) is 5.78 Å². The molecule has 0 saturated carbocycles. The van der Waals surface area contributed by atoms with Gasteiger partial charge in [0, 0.05) is 12.3 Å². The minimum absolute atomic E-state index is 0.204. The minimum atomic E-state index is 0.204. The molecule has 1 nitrogen and oxygen atoms in total. The predicted octanol–water partition coefficient (Wildman–Crippen LogP) is 3.80. The van der Waals surface area contributed by atoms with Crippen LogP contribution in [0, 0.1) is 5.92 Å². The van der Waals surface area contributed by atoms with E-state index in [0.29, 0.717) is 12.2 Å². The Morgan fingerprint density at radius 3 is 2.19 bits per heavy atom. The van der Waals surface area contributed by atoms with Crippen LogP contribution >= 0.6 is 0 Å². The second-order valence-corrected chi connectivity index (χ2v) is 4.50. The highest BCUT2D eigenvalue weighted by atomic mass is 16.1. The van der Waals surface area contributed by atoms with E-state index in [1.54, 1.807) is 0 Å². The molecule has 0 radical (unpaired) electrons. The van der Waals surface area contributed by atoms with Crippen molar-refractivity contribution in [2.45, 2.75) is 46.5 Å². The number of benzene rings is 1. The molecule has 1 heteroatoms. The lowest BCUT2D eigenvalue weighted by molar-refractivity contribution is -0.121. The van der Waals surface area contributed by atoms with Gasteiger partial charge in [-0.2, -0.15) is 0 Å². The SMILES string of the molecule is CCCC(C)C(=O)Cc1ccc(CC)cc1. The molecule has 1 rings (SSSR count). The molecule has 1 aromatic carbocycles. The summed E-state index contributed by atoms with van der Waals surface area (Å²) in [5.41, 5.74) is 2.47. The van der Waals surface area contributed by atoms with Gasteiger partial charge in [0.15, 0.2) is 0 Å². The molecule has 1 unspecified atom stereocenters. The number of carbonyl (C=O) groups excluding carboxylic acids is 1. The van der Waals surface area contributed by atoms with Gasteiger partial charge in [-0.1, -0.05) is 51.5 Å². The second kappa shape index (κ2) is 6.47. The third-order valence-electron chi connectivity index (χ3n) is 3.08. The molecule has 0 N–H and O–H groups in total. The first kappa shape index (κ1) is 13.0. The highest BCUT2D eigenvalue weighted by Crippen LogP contribution is 2.12. The monoisotopic (exact) mass is 218 g/mol. The number of Topliss-reactive ketones (excluding diaryl/α,β-unsaturated/α-hetero) is 1. The summed E-state index contributed by atoms with van der Waals surface area (Å²) in [6.07, 6.45) is 3.74. The molecule has 0 saturated heterocycles. The van der Waals surface area contributed by atoms with Gasteiger partial charge >= 0.3 is 0 Å². The van der Waals surface area contributed by atoms with Gasteiger partial charge in [-0.3, -0.25) is 4.79 Å². The average Bonchev–Trinajstić information content (AvgIpc) is 2.30. The van der Waals surface area contributed by atoms with Crippen LogP contribution in [0.5, 0.6) is 0 Å². The van der Waals surface area contributed by atoms with Crippen molar-refractivity contribution in [3.8, 4) is 0 Å². The highest BCUT2D eigenvalue weighted by Gasteiger charge is 2.11. The van der Waals surface area contributed by atoms with Crippen molar-refractivity contribution in [1.29, 1.82) is 0 Å². The van der Waals surface area contributed by atoms with Crippen molar-refractivity contribution in [2.24, 2.45) is 5.92 Å². The van der Waals surface area contributed by atoms with E-state index in [9.17, 15) is 4.79 Å². The molecule has 0 heterocycles. The lowest BCUT2D eigenvalue weighted by atomic mass is 9.95. The number of hydrogen-bond acceptors (Lipinski definition) is 1. The normalized spacial score (nSPS) is 12.4. The summed E-state index contributed by atoms with van der Waals surface area (Å²) >= 11 is 0. The zero-order chi connectivity index (χ0) is 12.0. The molecule has 88 valence electrons. The summed E-state index contributed by atoms with van der Waals surface area (Å²) in [7, 11) is 0. The first-order valence-corrected chi connectivity index (χ1v) is 6.27. The van der Waals surface area contributed by atoms with Crippen LogP contribution in [0.2, 0.25) is 0 Å². The van der Waals surface area contributed by atoms with E-state index >= 15 is 0 Å². The van der Waals surface area contributed by atoms with Crippen LogP contribution in [0.1, 0.15) is 44.7 Å². The Morgan fingerprint density at radius 2 is 1.69 bits per heavy atom. The van der Waals surface area contributed by atoms with Crippen LogP contribution in [-0.2, 0) is 17.6 Å². The van der Waals surface area contributed by atoms with Crippen LogP contribution in [-0.4, -0.2) is 5.78 Å². The van der Waals surface area contributed by atoms with Crippen molar-refractivity contribution in [1.82, 2.24) is 0 Å². The first-order chi connectivity index (χ1) is 7.67. The van der Waals surface area contributed by atoms with Crippen molar-refractivity contribution < 1.29 is 4.79 Å². The van der Waals surface area contributed by atoms with Gasteiger partial charge in [0.2, 0.25) is 0 Å². The van der Waals surface area contributed by atoms with Gasteiger partial charge in [0.05, 0.1) is 0 Å². The second-order valence-electron chi connectivity index (χ2n) is 4.50. The van der Waals surface area contributed by atoms with Crippen LogP contribution < -0.4 is 0 Å². The zero-order valence-electron chi connectivity index (χ0n) is 10.6. The number of aryl methyl sites for hydroxylation is 1. The van der Waals surface area contributed by atoms with Crippen LogP contribution in [0.4, 0.5) is 0 Å². The molecule has 0 aliphatic carbocycles. The van der Waals surface area contributed by atoms with Gasteiger partial charge in [-0.25, -0.2) is 0 Å². The van der Waals surface area contributed by atoms with Crippen molar-refractivity contribution in [3.05, 3.63) is 35.4 Å². The van der Waals surface area contributed by atoms with Gasteiger partial charge in [-0.05, 0) is 24.0 Å². The number of carbonyl (C=O) groups is 1. The van der Waals surface area contributed by atoms with E-state index in [0.717, 1.165) is 24.8 Å². The fourth-order valence-electron chi connectivity index (χ4n) is 1.86. The first-order valence-electron chi connectivity index (χ1n) is 6.27. The molecule has 0 amide bonds. The third-order valence-corrected chi connectivity index (χ3v) is 3.08. The maximum atomic E-state index is 11.9. The molecule has 16 heavy (non-hydrogen) atoms. The summed E-state index contributed by atoms with van der Waals surface area (Å²) in [6, 6.07) is 8.39. The van der Waals surface area contributed by atoms with Crippen LogP contribution in [0.3, 0.4) is 0 Å². The van der Waals surface area contributed by atoms with Crippen molar-refractivity contribution in [2.75, 3.05) is 0 Å². The fourth-order valence-corrected chi connectivity index (χ4v) is 1.86. The van der Waals surface area contributed by atoms with E-state index in [4.69, 9.17) is 0 Å². The molecule has 0 aromatic heterocycles. The van der Waals surface area contributed by atoms with E-state index in [-0.39, 0.29) is 5.92 Å². The predicted molar refractivity (Wildman–Crippen MR) is 68.6 cm³/mol. The smallest absolute Gasteiger partial charge is 0.140 e. The maximum Gasteiger partial charge on any atom is 0.140 e. The van der Waals surface area contributed by atoms with E-state index in [1.165, 1.54) is 5.56 Å². The molecule has 1 atom stereocenters. The van der Waals surface area contributed by atoms with Crippen molar-refractivity contribution in [3.63, 3.8) is 0 Å². The van der Waals surface area contributed by atoms with E-state index in [1.807, 2.05) is 6.92 Å². The topological polar surface area (TPSA) is 17.1 Å². The standard InChI is InChI=1S/C15H22O/c1-4-6-12(3)15(16)11-14-9-7-13(5-2)8-10-14/h7-10,12H,4-6,11H2,1-3H3. The lowest BCUT2D eigenvalue weighted by Crippen LogP contribution is -2.13. The number of ketones is 1. The number of rotatable bonds is 6. The third kappa shape index (κ3) is 3.80. The van der Waals surface area contributed by atoms with Crippen molar-refractivity contribution >= 4 is 5.78 Å².